The van der Waals surface area contributed by atoms with Crippen LogP contribution in [0, 0.1) is 19.7 Å². The fraction of sp³-hybridized carbons (Fsp3) is 0.172. The Balaban J connectivity index is 1.80. The van der Waals surface area contributed by atoms with Crippen molar-refractivity contribution < 1.29 is 14.0 Å². The summed E-state index contributed by atoms with van der Waals surface area (Å²) < 4.78 is 15.2. The second-order valence-electron chi connectivity index (χ2n) is 8.69. The van der Waals surface area contributed by atoms with Gasteiger partial charge >= 0.3 is 0 Å². The first-order valence-corrected chi connectivity index (χ1v) is 11.4. The average molecular weight is 470 g/mol. The van der Waals surface area contributed by atoms with Crippen LogP contribution in [-0.4, -0.2) is 11.8 Å². The van der Waals surface area contributed by atoms with Gasteiger partial charge in [0.1, 0.15) is 5.82 Å². The van der Waals surface area contributed by atoms with Gasteiger partial charge < -0.3 is 16.0 Å². The van der Waals surface area contributed by atoms with Crippen molar-refractivity contribution in [3.8, 4) is 0 Å². The maximum Gasteiger partial charge on any atom is 0.254 e. The van der Waals surface area contributed by atoms with Gasteiger partial charge in [-0.3, -0.25) is 9.59 Å². The molecule has 0 unspecified atom stereocenters. The van der Waals surface area contributed by atoms with Gasteiger partial charge in [0.05, 0.1) is 5.92 Å². The molecule has 0 spiro atoms. The monoisotopic (exact) mass is 469 g/mol. The third kappa shape index (κ3) is 4.87. The number of amides is 2. The van der Waals surface area contributed by atoms with Crippen molar-refractivity contribution in [1.29, 1.82) is 0 Å². The quantitative estimate of drug-likeness (QED) is 0.432. The van der Waals surface area contributed by atoms with E-state index in [9.17, 15) is 9.59 Å². The molecule has 1 heterocycles. The number of rotatable bonds is 5. The van der Waals surface area contributed by atoms with E-state index in [1.54, 1.807) is 32.0 Å². The zero-order chi connectivity index (χ0) is 25.1. The fourth-order valence-corrected chi connectivity index (χ4v) is 4.42. The van der Waals surface area contributed by atoms with Gasteiger partial charge in [0.25, 0.3) is 11.8 Å². The molecule has 3 N–H and O–H groups in total. The summed E-state index contributed by atoms with van der Waals surface area (Å²) in [7, 11) is 0. The number of allylic oxidation sites excluding steroid dienone is 2. The number of anilines is 2. The lowest BCUT2D eigenvalue weighted by atomic mass is 9.79. The van der Waals surface area contributed by atoms with Crippen LogP contribution in [0.1, 0.15) is 36.5 Å². The number of carbonyl (C=O) groups excluding carboxylic acids is 2. The minimum absolute atomic E-state index is 0.262. The van der Waals surface area contributed by atoms with Gasteiger partial charge in [0.2, 0.25) is 0 Å². The van der Waals surface area contributed by atoms with Gasteiger partial charge in [-0.2, -0.15) is 0 Å². The highest BCUT2D eigenvalue weighted by Crippen LogP contribution is 2.40. The summed E-state index contributed by atoms with van der Waals surface area (Å²) in [5.74, 6) is -2.18. The molecule has 0 aromatic heterocycles. The van der Waals surface area contributed by atoms with E-state index < -0.39 is 23.5 Å². The summed E-state index contributed by atoms with van der Waals surface area (Å²) in [4.78, 5) is 27.3. The summed E-state index contributed by atoms with van der Waals surface area (Å²) >= 11 is 0. The van der Waals surface area contributed by atoms with E-state index in [1.807, 2.05) is 62.4 Å². The largest absolute Gasteiger partial charge is 0.362 e. The van der Waals surface area contributed by atoms with Gasteiger partial charge in [-0.15, -0.1) is 0 Å². The Morgan fingerprint density at radius 3 is 1.57 bits per heavy atom. The topological polar surface area (TPSA) is 70.2 Å². The van der Waals surface area contributed by atoms with Crippen LogP contribution < -0.4 is 16.0 Å². The minimum Gasteiger partial charge on any atom is -0.362 e. The van der Waals surface area contributed by atoms with Crippen LogP contribution in [0.2, 0.25) is 0 Å². The molecular formula is C29H28FN3O2. The number of carbonyl (C=O) groups is 2. The summed E-state index contributed by atoms with van der Waals surface area (Å²) in [6.45, 7) is 7.32. The van der Waals surface area contributed by atoms with Crippen molar-refractivity contribution in [2.24, 2.45) is 0 Å². The maximum atomic E-state index is 15.2. The predicted octanol–water partition coefficient (Wildman–Crippen LogP) is 5.95. The van der Waals surface area contributed by atoms with Crippen LogP contribution >= 0.6 is 0 Å². The van der Waals surface area contributed by atoms with Crippen LogP contribution in [-0.2, 0) is 9.59 Å². The number of nitrogens with one attached hydrogen (secondary N) is 3. The normalized spacial score (nSPS) is 14.0. The molecule has 0 fully saturated rings. The zero-order valence-electron chi connectivity index (χ0n) is 20.2. The fourth-order valence-electron chi connectivity index (χ4n) is 4.42. The standard InChI is InChI=1S/C29H28FN3O2/c1-17-11-5-9-15-23(17)32-28(34)25-19(3)31-20(4)26(27(25)21-13-7-8-14-22(21)30)29(35)33-24-16-10-6-12-18(24)2/h5-16,27,31H,1-4H3,(H,32,34)(H,33,35). The molecule has 0 bridgehead atoms. The van der Waals surface area contributed by atoms with E-state index in [-0.39, 0.29) is 5.56 Å². The smallest absolute Gasteiger partial charge is 0.254 e. The molecule has 2 amide bonds. The molecule has 0 aliphatic carbocycles. The highest BCUT2D eigenvalue weighted by Gasteiger charge is 2.38. The molecule has 3 aromatic rings. The van der Waals surface area contributed by atoms with Crippen molar-refractivity contribution in [3.63, 3.8) is 0 Å². The second kappa shape index (κ2) is 9.97. The van der Waals surface area contributed by atoms with Crippen molar-refractivity contribution in [3.05, 3.63) is 118 Å². The highest BCUT2D eigenvalue weighted by atomic mass is 19.1. The van der Waals surface area contributed by atoms with Gasteiger partial charge in [0.15, 0.2) is 0 Å². The number of benzene rings is 3. The molecule has 1 aliphatic heterocycles. The number of aryl methyl sites for hydroxylation is 2. The highest BCUT2D eigenvalue weighted by molar-refractivity contribution is 6.12. The van der Waals surface area contributed by atoms with E-state index in [2.05, 4.69) is 16.0 Å². The van der Waals surface area contributed by atoms with Crippen LogP contribution in [0.4, 0.5) is 15.8 Å². The predicted molar refractivity (Wildman–Crippen MR) is 137 cm³/mol. The Labute approximate surface area is 204 Å². The lowest BCUT2D eigenvalue weighted by molar-refractivity contribution is -0.113. The van der Waals surface area contributed by atoms with Crippen molar-refractivity contribution in [2.75, 3.05) is 10.6 Å². The van der Waals surface area contributed by atoms with Crippen LogP contribution in [0.3, 0.4) is 0 Å². The van der Waals surface area contributed by atoms with E-state index in [4.69, 9.17) is 0 Å². The second-order valence-corrected chi connectivity index (χ2v) is 8.69. The lowest BCUT2D eigenvalue weighted by Crippen LogP contribution is -2.35. The molecule has 1 aliphatic rings. The van der Waals surface area contributed by atoms with Gasteiger partial charge in [0, 0.05) is 39.5 Å². The molecular weight excluding hydrogens is 441 g/mol. The number of hydrogen-bond donors (Lipinski definition) is 3. The Hall–Kier alpha value is -4.19. The average Bonchev–Trinajstić information content (AvgIpc) is 2.81. The SMILES string of the molecule is CC1=C(C(=O)Nc2ccccc2C)C(c2ccccc2F)C(C(=O)Nc2ccccc2C)=C(C)N1. The first-order valence-electron chi connectivity index (χ1n) is 11.4. The van der Waals surface area contributed by atoms with E-state index in [0.717, 1.165) is 11.1 Å². The molecule has 6 heteroatoms. The molecule has 0 radical (unpaired) electrons. The van der Waals surface area contributed by atoms with E-state index >= 15 is 4.39 Å². The Bertz CT molecular complexity index is 1290. The molecule has 5 nitrogen and oxygen atoms in total. The molecule has 0 saturated heterocycles. The van der Waals surface area contributed by atoms with Crippen molar-refractivity contribution in [1.82, 2.24) is 5.32 Å². The van der Waals surface area contributed by atoms with E-state index in [1.165, 1.54) is 6.07 Å². The summed E-state index contributed by atoms with van der Waals surface area (Å²) in [6, 6.07) is 21.1. The summed E-state index contributed by atoms with van der Waals surface area (Å²) in [6.07, 6.45) is 0. The number of halogens is 1. The molecule has 0 saturated carbocycles. The minimum atomic E-state index is -0.898. The molecule has 4 rings (SSSR count). The summed E-state index contributed by atoms with van der Waals surface area (Å²) in [5, 5.41) is 9.07. The van der Waals surface area contributed by atoms with E-state index in [0.29, 0.717) is 33.9 Å². The van der Waals surface area contributed by atoms with Crippen molar-refractivity contribution in [2.45, 2.75) is 33.6 Å². The van der Waals surface area contributed by atoms with Crippen LogP contribution in [0.5, 0.6) is 0 Å². The molecule has 3 aromatic carbocycles. The first kappa shape index (κ1) is 24.0. The lowest BCUT2D eigenvalue weighted by Gasteiger charge is -2.32. The number of dihydropyridines is 1. The number of hydrogen-bond acceptors (Lipinski definition) is 3. The third-order valence-electron chi connectivity index (χ3n) is 6.25. The van der Waals surface area contributed by atoms with Gasteiger partial charge in [-0.25, -0.2) is 4.39 Å². The summed E-state index contributed by atoms with van der Waals surface area (Å²) in [5.41, 5.74) is 5.08. The van der Waals surface area contributed by atoms with Crippen molar-refractivity contribution >= 4 is 23.2 Å². The molecule has 35 heavy (non-hydrogen) atoms. The van der Waals surface area contributed by atoms with Crippen LogP contribution in [0.25, 0.3) is 0 Å². The zero-order valence-corrected chi connectivity index (χ0v) is 20.2. The third-order valence-corrected chi connectivity index (χ3v) is 6.25. The van der Waals surface area contributed by atoms with Gasteiger partial charge in [-0.1, -0.05) is 54.6 Å². The van der Waals surface area contributed by atoms with Gasteiger partial charge in [-0.05, 0) is 57.0 Å². The molecule has 178 valence electrons. The maximum absolute atomic E-state index is 15.2. The number of para-hydroxylation sites is 2. The Morgan fingerprint density at radius 1 is 0.686 bits per heavy atom. The molecule has 0 atom stereocenters. The van der Waals surface area contributed by atoms with Crippen LogP contribution in [0.15, 0.2) is 95.3 Å². The first-order chi connectivity index (χ1) is 16.8. The Morgan fingerprint density at radius 2 is 1.11 bits per heavy atom. The Kier molecular flexibility index (Phi) is 6.82.